The van der Waals surface area contributed by atoms with E-state index < -0.39 is 11.6 Å². The lowest BCUT2D eigenvalue weighted by molar-refractivity contribution is -0.127. The van der Waals surface area contributed by atoms with Gasteiger partial charge in [-0.25, -0.2) is 4.99 Å². The summed E-state index contributed by atoms with van der Waals surface area (Å²) in [4.78, 5) is 20.4. The SMILES string of the molecule is C=CC[C@]12N=C(c3ccc(OCCCO)cc3)O[C@H]1c1ccccc1N(CCC)C2=O. The molecule has 2 atom stereocenters. The van der Waals surface area contributed by atoms with Gasteiger partial charge in [0.2, 0.25) is 5.90 Å². The smallest absolute Gasteiger partial charge is 0.259 e. The van der Waals surface area contributed by atoms with Gasteiger partial charge in [0, 0.05) is 37.1 Å². The van der Waals surface area contributed by atoms with Gasteiger partial charge < -0.3 is 19.5 Å². The minimum atomic E-state index is -1.04. The van der Waals surface area contributed by atoms with Crippen molar-refractivity contribution in [3.05, 3.63) is 72.3 Å². The fraction of sp³-hybridized carbons (Fsp3) is 0.360. The molecule has 1 amide bonds. The van der Waals surface area contributed by atoms with Gasteiger partial charge in [0.25, 0.3) is 5.91 Å². The number of hydrogen-bond donors (Lipinski definition) is 1. The van der Waals surface area contributed by atoms with Crippen LogP contribution < -0.4 is 9.64 Å². The van der Waals surface area contributed by atoms with Crippen LogP contribution in [-0.2, 0) is 9.53 Å². The molecule has 2 aromatic rings. The topological polar surface area (TPSA) is 71.4 Å². The van der Waals surface area contributed by atoms with E-state index >= 15 is 0 Å². The van der Waals surface area contributed by atoms with Gasteiger partial charge >= 0.3 is 0 Å². The molecule has 2 aliphatic heterocycles. The second-order valence-electron chi connectivity index (χ2n) is 7.80. The lowest BCUT2D eigenvalue weighted by atomic mass is 9.80. The van der Waals surface area contributed by atoms with Gasteiger partial charge in [-0.05, 0) is 36.8 Å². The number of anilines is 1. The molecule has 0 saturated carbocycles. The van der Waals surface area contributed by atoms with Gasteiger partial charge in [0.1, 0.15) is 5.75 Å². The average Bonchev–Trinajstić information content (AvgIpc) is 3.19. The summed E-state index contributed by atoms with van der Waals surface area (Å²) in [5.41, 5.74) is 1.61. The fourth-order valence-electron chi connectivity index (χ4n) is 4.24. The quantitative estimate of drug-likeness (QED) is 0.491. The second-order valence-corrected chi connectivity index (χ2v) is 7.80. The Labute approximate surface area is 182 Å². The molecule has 162 valence electrons. The number of ether oxygens (including phenoxy) is 2. The van der Waals surface area contributed by atoms with Crippen LogP contribution in [0.1, 0.15) is 43.4 Å². The van der Waals surface area contributed by atoms with Crippen LogP contribution >= 0.6 is 0 Å². The Bertz CT molecular complexity index is 985. The molecule has 2 heterocycles. The maximum Gasteiger partial charge on any atom is 0.259 e. The number of hydrogen-bond acceptors (Lipinski definition) is 5. The third-order valence-corrected chi connectivity index (χ3v) is 5.66. The van der Waals surface area contributed by atoms with Gasteiger partial charge in [0.15, 0.2) is 11.6 Å². The molecular formula is C25H28N2O4. The first-order chi connectivity index (χ1) is 15.1. The monoisotopic (exact) mass is 420 g/mol. The molecule has 0 radical (unpaired) electrons. The maximum atomic E-state index is 13.7. The van der Waals surface area contributed by atoms with E-state index in [0.29, 0.717) is 37.6 Å². The summed E-state index contributed by atoms with van der Waals surface area (Å²) in [5, 5.41) is 8.89. The fourth-order valence-corrected chi connectivity index (χ4v) is 4.24. The van der Waals surface area contributed by atoms with Gasteiger partial charge in [-0.15, -0.1) is 6.58 Å². The molecule has 2 aromatic carbocycles. The van der Waals surface area contributed by atoms with Crippen molar-refractivity contribution in [2.45, 2.75) is 37.8 Å². The van der Waals surface area contributed by atoms with E-state index in [9.17, 15) is 4.79 Å². The van der Waals surface area contributed by atoms with Crippen molar-refractivity contribution in [3.8, 4) is 5.75 Å². The molecular weight excluding hydrogens is 392 g/mol. The molecule has 2 aliphatic rings. The van der Waals surface area contributed by atoms with Crippen LogP contribution in [0.5, 0.6) is 5.75 Å². The molecule has 0 unspecified atom stereocenters. The van der Waals surface area contributed by atoms with Crippen molar-refractivity contribution in [2.75, 3.05) is 24.7 Å². The summed E-state index contributed by atoms with van der Waals surface area (Å²) in [6.07, 6.45) is 3.09. The zero-order chi connectivity index (χ0) is 21.8. The minimum absolute atomic E-state index is 0.0445. The predicted molar refractivity (Wildman–Crippen MR) is 121 cm³/mol. The first-order valence-corrected chi connectivity index (χ1v) is 10.8. The van der Waals surface area contributed by atoms with Gasteiger partial charge in [0.05, 0.1) is 12.3 Å². The number of nitrogens with zero attached hydrogens (tertiary/aromatic N) is 2. The van der Waals surface area contributed by atoms with Crippen LogP contribution in [0.15, 0.2) is 66.2 Å². The highest BCUT2D eigenvalue weighted by atomic mass is 16.5. The van der Waals surface area contributed by atoms with Crippen LogP contribution in [0.25, 0.3) is 0 Å². The lowest BCUT2D eigenvalue weighted by Crippen LogP contribution is -2.54. The van der Waals surface area contributed by atoms with Crippen molar-refractivity contribution < 1.29 is 19.4 Å². The Kier molecular flexibility index (Phi) is 6.09. The first kappa shape index (κ1) is 21.1. The molecule has 6 nitrogen and oxygen atoms in total. The van der Waals surface area contributed by atoms with E-state index in [2.05, 4.69) is 13.5 Å². The zero-order valence-electron chi connectivity index (χ0n) is 17.8. The van der Waals surface area contributed by atoms with Gasteiger partial charge in [-0.3, -0.25) is 4.79 Å². The predicted octanol–water partition coefficient (Wildman–Crippen LogP) is 4.04. The molecule has 0 fully saturated rings. The van der Waals surface area contributed by atoms with Crippen molar-refractivity contribution in [1.29, 1.82) is 0 Å². The van der Waals surface area contributed by atoms with Crippen LogP contribution in [0.4, 0.5) is 5.69 Å². The third-order valence-electron chi connectivity index (χ3n) is 5.66. The summed E-state index contributed by atoms with van der Waals surface area (Å²) >= 11 is 0. The first-order valence-electron chi connectivity index (χ1n) is 10.8. The highest BCUT2D eigenvalue weighted by Crippen LogP contribution is 2.50. The van der Waals surface area contributed by atoms with E-state index in [1.54, 1.807) is 6.08 Å². The molecule has 31 heavy (non-hydrogen) atoms. The van der Waals surface area contributed by atoms with E-state index in [1.165, 1.54) is 0 Å². The highest BCUT2D eigenvalue weighted by molar-refractivity contribution is 6.09. The molecule has 0 spiro atoms. The molecule has 4 rings (SSSR count). The van der Waals surface area contributed by atoms with Crippen molar-refractivity contribution in [1.82, 2.24) is 0 Å². The van der Waals surface area contributed by atoms with E-state index in [4.69, 9.17) is 19.6 Å². The number of aliphatic imine (C=N–C) groups is 1. The number of aliphatic hydroxyl groups excluding tert-OH is 1. The van der Waals surface area contributed by atoms with Gasteiger partial charge in [-0.1, -0.05) is 31.2 Å². The largest absolute Gasteiger partial charge is 0.494 e. The number of amides is 1. The normalized spacial score (nSPS) is 21.7. The zero-order valence-corrected chi connectivity index (χ0v) is 17.8. The number of carbonyl (C=O) groups excluding carboxylic acids is 1. The Morgan fingerprint density at radius 3 is 2.74 bits per heavy atom. The second kappa shape index (κ2) is 8.94. The number of fused-ring (bicyclic) bond motifs is 3. The average molecular weight is 421 g/mol. The molecule has 6 heteroatoms. The van der Waals surface area contributed by atoms with E-state index in [0.717, 1.165) is 23.2 Å². The Morgan fingerprint density at radius 2 is 2.03 bits per heavy atom. The summed E-state index contributed by atoms with van der Waals surface area (Å²) in [6.45, 7) is 7.13. The van der Waals surface area contributed by atoms with Crippen LogP contribution in [0, 0.1) is 0 Å². The summed E-state index contributed by atoms with van der Waals surface area (Å²) < 4.78 is 12.0. The van der Waals surface area contributed by atoms with Crippen LogP contribution in [0.2, 0.25) is 0 Å². The molecule has 0 saturated heterocycles. The number of carbonyl (C=O) groups is 1. The highest BCUT2D eigenvalue weighted by Gasteiger charge is 2.57. The van der Waals surface area contributed by atoms with Gasteiger partial charge in [-0.2, -0.15) is 0 Å². The molecule has 0 aromatic heterocycles. The van der Waals surface area contributed by atoms with E-state index in [1.807, 2.05) is 53.4 Å². The van der Waals surface area contributed by atoms with Crippen LogP contribution in [-0.4, -0.2) is 42.2 Å². The van der Waals surface area contributed by atoms with Crippen molar-refractivity contribution in [2.24, 2.45) is 4.99 Å². The van der Waals surface area contributed by atoms with Crippen LogP contribution in [0.3, 0.4) is 0 Å². The number of benzene rings is 2. The molecule has 1 N–H and O–H groups in total. The maximum absolute atomic E-state index is 13.7. The van der Waals surface area contributed by atoms with Crippen molar-refractivity contribution in [3.63, 3.8) is 0 Å². The summed E-state index contributed by atoms with van der Waals surface area (Å²) in [7, 11) is 0. The van der Waals surface area contributed by atoms with Crippen molar-refractivity contribution >= 4 is 17.5 Å². The van der Waals surface area contributed by atoms with E-state index in [-0.39, 0.29) is 12.5 Å². The molecule has 0 bridgehead atoms. The third kappa shape index (κ3) is 3.72. The molecule has 0 aliphatic carbocycles. The standard InChI is InChI=1S/C25H28N2O4/c1-3-14-25-22(20-8-5-6-9-21(20)27(15-4-2)24(25)29)31-23(26-25)18-10-12-19(13-11-18)30-17-7-16-28/h3,5-6,8-13,22,28H,1,4,7,14-17H2,2H3/t22-,25-/m0/s1. The Morgan fingerprint density at radius 1 is 1.26 bits per heavy atom. The lowest BCUT2D eigenvalue weighted by Gasteiger charge is -2.41. The summed E-state index contributed by atoms with van der Waals surface area (Å²) in [6, 6.07) is 15.4. The number of aliphatic hydroxyl groups is 1. The summed E-state index contributed by atoms with van der Waals surface area (Å²) in [5.74, 6) is 1.12. The minimum Gasteiger partial charge on any atom is -0.494 e. The number of rotatable bonds is 9. The Hall–Kier alpha value is -3.12. The Balaban J connectivity index is 1.70. The number of para-hydroxylation sites is 1.